The van der Waals surface area contributed by atoms with Crippen molar-refractivity contribution >= 4 is 11.4 Å². The van der Waals surface area contributed by atoms with Gasteiger partial charge >= 0.3 is 0 Å². The average molecular weight is 231 g/mol. The maximum absolute atomic E-state index is 9.44. The SMILES string of the molecule is N#Cc1cccc(NCC2CCC(O)C2)c1N. The molecule has 4 N–H and O–H groups in total. The van der Waals surface area contributed by atoms with Gasteiger partial charge in [0.25, 0.3) is 0 Å². The number of nitrogens with two attached hydrogens (primary N) is 1. The molecule has 2 unspecified atom stereocenters. The van der Waals surface area contributed by atoms with Gasteiger partial charge < -0.3 is 16.2 Å². The van der Waals surface area contributed by atoms with Crippen molar-refractivity contribution in [2.45, 2.75) is 25.4 Å². The van der Waals surface area contributed by atoms with Crippen molar-refractivity contribution in [1.82, 2.24) is 0 Å². The van der Waals surface area contributed by atoms with Crippen molar-refractivity contribution in [3.05, 3.63) is 23.8 Å². The van der Waals surface area contributed by atoms with Gasteiger partial charge in [0.05, 0.1) is 23.0 Å². The highest BCUT2D eigenvalue weighted by atomic mass is 16.3. The zero-order valence-corrected chi connectivity index (χ0v) is 9.69. The summed E-state index contributed by atoms with van der Waals surface area (Å²) in [6, 6.07) is 7.47. The number of hydrogen-bond donors (Lipinski definition) is 3. The second-order valence-corrected chi connectivity index (χ2v) is 4.59. The summed E-state index contributed by atoms with van der Waals surface area (Å²) in [6.07, 6.45) is 2.64. The summed E-state index contributed by atoms with van der Waals surface area (Å²) in [5.41, 5.74) is 7.69. The van der Waals surface area contributed by atoms with E-state index in [1.54, 1.807) is 6.07 Å². The summed E-state index contributed by atoms with van der Waals surface area (Å²) >= 11 is 0. The number of para-hydroxylation sites is 1. The number of nitriles is 1. The van der Waals surface area contributed by atoms with E-state index in [-0.39, 0.29) is 6.10 Å². The molecule has 1 aromatic carbocycles. The van der Waals surface area contributed by atoms with Crippen molar-refractivity contribution in [1.29, 1.82) is 5.26 Å². The first-order valence-electron chi connectivity index (χ1n) is 5.91. The molecule has 4 heteroatoms. The molecular formula is C13H17N3O. The Balaban J connectivity index is 1.98. The van der Waals surface area contributed by atoms with Crippen LogP contribution in [0.3, 0.4) is 0 Å². The molecule has 1 aromatic rings. The van der Waals surface area contributed by atoms with Crippen LogP contribution in [0.1, 0.15) is 24.8 Å². The van der Waals surface area contributed by atoms with E-state index in [0.29, 0.717) is 17.2 Å². The molecule has 0 spiro atoms. The van der Waals surface area contributed by atoms with Gasteiger partial charge in [-0.3, -0.25) is 0 Å². The Labute approximate surface area is 101 Å². The number of nitrogen functional groups attached to an aromatic ring is 1. The molecule has 0 radical (unpaired) electrons. The van der Waals surface area contributed by atoms with E-state index in [2.05, 4.69) is 11.4 Å². The van der Waals surface area contributed by atoms with Gasteiger partial charge in [0.2, 0.25) is 0 Å². The van der Waals surface area contributed by atoms with Gasteiger partial charge in [-0.15, -0.1) is 0 Å². The number of nitrogens with zero attached hydrogens (tertiary/aromatic N) is 1. The largest absolute Gasteiger partial charge is 0.396 e. The lowest BCUT2D eigenvalue weighted by atomic mass is 10.1. The van der Waals surface area contributed by atoms with Crippen molar-refractivity contribution in [3.63, 3.8) is 0 Å². The maximum atomic E-state index is 9.44. The first-order chi connectivity index (χ1) is 8.20. The summed E-state index contributed by atoms with van der Waals surface area (Å²) in [6.45, 7) is 0.802. The Kier molecular flexibility index (Phi) is 3.50. The highest BCUT2D eigenvalue weighted by Gasteiger charge is 2.22. The molecule has 1 saturated carbocycles. The smallest absolute Gasteiger partial charge is 0.101 e. The zero-order valence-electron chi connectivity index (χ0n) is 9.69. The van der Waals surface area contributed by atoms with Crippen molar-refractivity contribution in [3.8, 4) is 6.07 Å². The summed E-state index contributed by atoms with van der Waals surface area (Å²) in [7, 11) is 0. The fourth-order valence-corrected chi connectivity index (χ4v) is 2.31. The Bertz CT molecular complexity index is 439. The molecular weight excluding hydrogens is 214 g/mol. The van der Waals surface area contributed by atoms with Crippen LogP contribution in [0.5, 0.6) is 0 Å². The molecule has 0 aromatic heterocycles. The minimum absolute atomic E-state index is 0.149. The molecule has 17 heavy (non-hydrogen) atoms. The van der Waals surface area contributed by atoms with Gasteiger partial charge in [-0.2, -0.15) is 5.26 Å². The fourth-order valence-electron chi connectivity index (χ4n) is 2.31. The monoisotopic (exact) mass is 231 g/mol. The van der Waals surface area contributed by atoms with Gasteiger partial charge in [0.15, 0.2) is 0 Å². The molecule has 0 heterocycles. The van der Waals surface area contributed by atoms with E-state index in [1.165, 1.54) is 0 Å². The van der Waals surface area contributed by atoms with Gasteiger partial charge in [-0.1, -0.05) is 6.07 Å². The molecule has 0 amide bonds. The molecule has 1 aliphatic rings. The van der Waals surface area contributed by atoms with Crippen molar-refractivity contribution < 1.29 is 5.11 Å². The highest BCUT2D eigenvalue weighted by molar-refractivity contribution is 5.72. The minimum Gasteiger partial charge on any atom is -0.396 e. The summed E-state index contributed by atoms with van der Waals surface area (Å²) in [4.78, 5) is 0. The highest BCUT2D eigenvalue weighted by Crippen LogP contribution is 2.27. The van der Waals surface area contributed by atoms with Crippen LogP contribution < -0.4 is 11.1 Å². The predicted octanol–water partition coefficient (Wildman–Crippen LogP) is 1.71. The molecule has 0 saturated heterocycles. The van der Waals surface area contributed by atoms with E-state index in [0.717, 1.165) is 31.5 Å². The predicted molar refractivity (Wildman–Crippen MR) is 67.4 cm³/mol. The van der Waals surface area contributed by atoms with Crippen molar-refractivity contribution in [2.75, 3.05) is 17.6 Å². The first kappa shape index (κ1) is 11.7. The Morgan fingerprint density at radius 1 is 1.47 bits per heavy atom. The quantitative estimate of drug-likeness (QED) is 0.692. The molecule has 0 aliphatic heterocycles. The fraction of sp³-hybridized carbons (Fsp3) is 0.462. The second kappa shape index (κ2) is 5.07. The average Bonchev–Trinajstić information content (AvgIpc) is 2.74. The van der Waals surface area contributed by atoms with E-state index in [4.69, 9.17) is 11.0 Å². The molecule has 2 rings (SSSR count). The number of aliphatic hydroxyl groups is 1. The summed E-state index contributed by atoms with van der Waals surface area (Å²) in [5, 5.41) is 21.6. The van der Waals surface area contributed by atoms with Gasteiger partial charge in [-0.25, -0.2) is 0 Å². The number of aliphatic hydroxyl groups excluding tert-OH is 1. The number of rotatable bonds is 3. The van der Waals surface area contributed by atoms with Gasteiger partial charge in [0.1, 0.15) is 6.07 Å². The second-order valence-electron chi connectivity index (χ2n) is 4.59. The van der Waals surface area contributed by atoms with Crippen LogP contribution in [0.2, 0.25) is 0 Å². The lowest BCUT2D eigenvalue weighted by Gasteiger charge is -2.14. The molecule has 1 fully saturated rings. The van der Waals surface area contributed by atoms with Gasteiger partial charge in [0, 0.05) is 6.54 Å². The number of anilines is 2. The van der Waals surface area contributed by atoms with Crippen LogP contribution in [0, 0.1) is 17.2 Å². The van der Waals surface area contributed by atoms with Gasteiger partial charge in [-0.05, 0) is 37.3 Å². The van der Waals surface area contributed by atoms with E-state index in [1.807, 2.05) is 12.1 Å². The number of benzene rings is 1. The lowest BCUT2D eigenvalue weighted by molar-refractivity contribution is 0.178. The minimum atomic E-state index is -0.149. The molecule has 4 nitrogen and oxygen atoms in total. The summed E-state index contributed by atoms with van der Waals surface area (Å²) in [5.74, 6) is 0.496. The van der Waals surface area contributed by atoms with E-state index in [9.17, 15) is 5.11 Å². The van der Waals surface area contributed by atoms with Crippen LogP contribution in [0.4, 0.5) is 11.4 Å². The van der Waals surface area contributed by atoms with Crippen molar-refractivity contribution in [2.24, 2.45) is 5.92 Å². The van der Waals surface area contributed by atoms with Crippen LogP contribution >= 0.6 is 0 Å². The molecule has 1 aliphatic carbocycles. The number of nitrogens with one attached hydrogen (secondary N) is 1. The topological polar surface area (TPSA) is 82.1 Å². The third-order valence-corrected chi connectivity index (χ3v) is 3.32. The molecule has 90 valence electrons. The van der Waals surface area contributed by atoms with Crippen LogP contribution in [0.25, 0.3) is 0 Å². The summed E-state index contributed by atoms with van der Waals surface area (Å²) < 4.78 is 0. The Morgan fingerprint density at radius 3 is 2.94 bits per heavy atom. The standard InChI is InChI=1S/C13H17N3O/c14-7-10-2-1-3-12(13(10)15)16-8-9-4-5-11(17)6-9/h1-3,9,11,16-17H,4-6,8,15H2. The molecule has 2 atom stereocenters. The van der Waals surface area contributed by atoms with Crippen LogP contribution in [-0.4, -0.2) is 17.8 Å². The van der Waals surface area contributed by atoms with E-state index < -0.39 is 0 Å². The normalized spacial score (nSPS) is 23.3. The third kappa shape index (κ3) is 2.69. The first-order valence-corrected chi connectivity index (χ1v) is 5.91. The third-order valence-electron chi connectivity index (χ3n) is 3.32. The van der Waals surface area contributed by atoms with E-state index >= 15 is 0 Å². The maximum Gasteiger partial charge on any atom is 0.101 e. The van der Waals surface area contributed by atoms with Crippen LogP contribution in [-0.2, 0) is 0 Å². The zero-order chi connectivity index (χ0) is 12.3. The number of hydrogen-bond acceptors (Lipinski definition) is 4. The van der Waals surface area contributed by atoms with Crippen LogP contribution in [0.15, 0.2) is 18.2 Å². The Hall–Kier alpha value is -1.73. The molecule has 0 bridgehead atoms. The Morgan fingerprint density at radius 2 is 2.29 bits per heavy atom. The lowest BCUT2D eigenvalue weighted by Crippen LogP contribution is -2.13.